The summed E-state index contributed by atoms with van der Waals surface area (Å²) in [7, 11) is 0. The Morgan fingerprint density at radius 3 is 2.52 bits per heavy atom. The van der Waals surface area contributed by atoms with Crippen LogP contribution in [0.5, 0.6) is 0 Å². The van der Waals surface area contributed by atoms with Gasteiger partial charge in [0, 0.05) is 26.2 Å². The van der Waals surface area contributed by atoms with Crippen molar-refractivity contribution in [2.75, 3.05) is 26.2 Å². The largest absolute Gasteiger partial charge is 0.459 e. The van der Waals surface area contributed by atoms with Gasteiger partial charge in [0.25, 0.3) is 11.8 Å². The van der Waals surface area contributed by atoms with Crippen molar-refractivity contribution in [3.05, 3.63) is 46.5 Å². The van der Waals surface area contributed by atoms with Crippen LogP contribution >= 0.6 is 11.3 Å². The van der Waals surface area contributed by atoms with Gasteiger partial charge in [-0.3, -0.25) is 14.4 Å². The molecular formula is C21H27N3O4S. The molecule has 1 N–H and O–H groups in total. The van der Waals surface area contributed by atoms with Gasteiger partial charge in [-0.25, -0.2) is 0 Å². The topological polar surface area (TPSA) is 82.9 Å². The van der Waals surface area contributed by atoms with E-state index in [1.54, 1.807) is 28.0 Å². The fourth-order valence-electron chi connectivity index (χ4n) is 3.45. The van der Waals surface area contributed by atoms with Crippen LogP contribution in [0.4, 0.5) is 0 Å². The third-order valence-corrected chi connectivity index (χ3v) is 5.75. The predicted octanol–water partition coefficient (Wildman–Crippen LogP) is 2.86. The summed E-state index contributed by atoms with van der Waals surface area (Å²) in [5.74, 6) is 0.107. The standard InChI is InChI=1S/C21H27N3O4S/c1-15(2)14-16(22-19(25)18-7-4-13-29-18)20(26)23-8-5-9-24(11-10-23)21(27)17-6-3-12-28-17/h3-4,6-7,12-13,15-16H,5,8-11,14H2,1-2H3,(H,22,25). The molecule has 0 aromatic carbocycles. The Labute approximate surface area is 174 Å². The van der Waals surface area contributed by atoms with Crippen molar-refractivity contribution >= 4 is 29.1 Å². The molecule has 7 nitrogen and oxygen atoms in total. The summed E-state index contributed by atoms with van der Waals surface area (Å²) in [6, 6.07) is 6.33. The molecule has 2 aromatic rings. The monoisotopic (exact) mass is 417 g/mol. The van der Waals surface area contributed by atoms with E-state index in [0.717, 1.165) is 0 Å². The third-order valence-electron chi connectivity index (χ3n) is 4.88. The lowest BCUT2D eigenvalue weighted by Gasteiger charge is -2.27. The van der Waals surface area contributed by atoms with Crippen LogP contribution in [0.1, 0.15) is 46.9 Å². The van der Waals surface area contributed by atoms with Crippen molar-refractivity contribution in [3.63, 3.8) is 0 Å². The van der Waals surface area contributed by atoms with E-state index in [1.165, 1.54) is 17.6 Å². The zero-order valence-corrected chi connectivity index (χ0v) is 17.6. The molecule has 156 valence electrons. The number of carbonyl (C=O) groups is 3. The summed E-state index contributed by atoms with van der Waals surface area (Å²) in [4.78, 5) is 42.3. The van der Waals surface area contributed by atoms with E-state index < -0.39 is 6.04 Å². The summed E-state index contributed by atoms with van der Waals surface area (Å²) in [6.45, 7) is 6.07. The first-order valence-corrected chi connectivity index (χ1v) is 10.8. The summed E-state index contributed by atoms with van der Waals surface area (Å²) in [5, 5.41) is 4.75. The number of rotatable bonds is 6. The van der Waals surface area contributed by atoms with Gasteiger partial charge in [0.1, 0.15) is 6.04 Å². The number of hydrogen-bond donors (Lipinski definition) is 1. The minimum absolute atomic E-state index is 0.0871. The third kappa shape index (κ3) is 5.47. The summed E-state index contributed by atoms with van der Waals surface area (Å²) in [5.41, 5.74) is 0. The molecule has 1 unspecified atom stereocenters. The fourth-order valence-corrected chi connectivity index (χ4v) is 4.07. The Hall–Kier alpha value is -2.61. The van der Waals surface area contributed by atoms with Crippen LogP contribution in [0.15, 0.2) is 40.3 Å². The summed E-state index contributed by atoms with van der Waals surface area (Å²) in [6.07, 6.45) is 2.74. The van der Waals surface area contributed by atoms with Crippen LogP contribution < -0.4 is 5.32 Å². The second-order valence-electron chi connectivity index (χ2n) is 7.58. The average molecular weight is 418 g/mol. The number of amides is 3. The number of nitrogens with zero attached hydrogens (tertiary/aromatic N) is 2. The maximum absolute atomic E-state index is 13.2. The number of furan rings is 1. The highest BCUT2D eigenvalue weighted by Gasteiger charge is 2.30. The molecule has 8 heteroatoms. The predicted molar refractivity (Wildman–Crippen MR) is 111 cm³/mol. The Balaban J connectivity index is 1.64. The van der Waals surface area contributed by atoms with Crippen LogP contribution in [-0.2, 0) is 4.79 Å². The van der Waals surface area contributed by atoms with Crippen LogP contribution in [-0.4, -0.2) is 59.7 Å². The maximum atomic E-state index is 13.2. The molecule has 0 saturated carbocycles. The van der Waals surface area contributed by atoms with Crippen LogP contribution in [0.2, 0.25) is 0 Å². The molecule has 1 aliphatic heterocycles. The highest BCUT2D eigenvalue weighted by atomic mass is 32.1. The molecule has 1 atom stereocenters. The molecule has 3 amide bonds. The van der Waals surface area contributed by atoms with Gasteiger partial charge in [-0.1, -0.05) is 19.9 Å². The van der Waals surface area contributed by atoms with Gasteiger partial charge in [0.2, 0.25) is 5.91 Å². The van der Waals surface area contributed by atoms with Crippen LogP contribution in [0.3, 0.4) is 0 Å². The number of hydrogen-bond acceptors (Lipinski definition) is 5. The SMILES string of the molecule is CC(C)CC(NC(=O)c1cccs1)C(=O)N1CCCN(C(=O)c2ccco2)CC1. The molecule has 1 fully saturated rings. The zero-order chi connectivity index (χ0) is 20.8. The highest BCUT2D eigenvalue weighted by Crippen LogP contribution is 2.15. The van der Waals surface area contributed by atoms with E-state index in [9.17, 15) is 14.4 Å². The fraction of sp³-hybridized carbons (Fsp3) is 0.476. The van der Waals surface area contributed by atoms with Crippen molar-refractivity contribution < 1.29 is 18.8 Å². The molecule has 1 saturated heterocycles. The van der Waals surface area contributed by atoms with E-state index in [2.05, 4.69) is 5.32 Å². The quantitative estimate of drug-likeness (QED) is 0.783. The van der Waals surface area contributed by atoms with Gasteiger partial charge in [-0.05, 0) is 42.3 Å². The van der Waals surface area contributed by atoms with Crippen molar-refractivity contribution in [2.45, 2.75) is 32.7 Å². The lowest BCUT2D eigenvalue weighted by molar-refractivity contribution is -0.133. The first kappa shape index (κ1) is 21.1. The van der Waals surface area contributed by atoms with Gasteiger partial charge < -0.3 is 19.5 Å². The van der Waals surface area contributed by atoms with E-state index in [-0.39, 0.29) is 23.6 Å². The van der Waals surface area contributed by atoms with Gasteiger partial charge in [-0.15, -0.1) is 11.3 Å². The molecule has 0 aliphatic carbocycles. The lowest BCUT2D eigenvalue weighted by atomic mass is 10.0. The van der Waals surface area contributed by atoms with Gasteiger partial charge in [-0.2, -0.15) is 0 Å². The lowest BCUT2D eigenvalue weighted by Crippen LogP contribution is -2.50. The van der Waals surface area contributed by atoms with Crippen molar-refractivity contribution in [2.24, 2.45) is 5.92 Å². The minimum Gasteiger partial charge on any atom is -0.459 e. The van der Waals surface area contributed by atoms with Crippen LogP contribution in [0, 0.1) is 5.92 Å². The van der Waals surface area contributed by atoms with Gasteiger partial charge >= 0.3 is 0 Å². The second kappa shape index (κ2) is 9.73. The second-order valence-corrected chi connectivity index (χ2v) is 8.53. The average Bonchev–Trinajstić information content (AvgIpc) is 3.36. The van der Waals surface area contributed by atoms with Gasteiger partial charge in [0.05, 0.1) is 11.1 Å². The Bertz CT molecular complexity index is 817. The van der Waals surface area contributed by atoms with Crippen molar-refractivity contribution in [1.82, 2.24) is 15.1 Å². The molecule has 0 bridgehead atoms. The first-order valence-electron chi connectivity index (χ1n) is 9.91. The van der Waals surface area contributed by atoms with Crippen molar-refractivity contribution in [1.29, 1.82) is 0 Å². The van der Waals surface area contributed by atoms with E-state index in [0.29, 0.717) is 49.7 Å². The zero-order valence-electron chi connectivity index (χ0n) is 16.8. The molecule has 3 heterocycles. The Kier molecular flexibility index (Phi) is 7.09. The van der Waals surface area contributed by atoms with E-state index in [4.69, 9.17) is 4.42 Å². The van der Waals surface area contributed by atoms with Gasteiger partial charge in [0.15, 0.2) is 5.76 Å². The molecule has 0 spiro atoms. The first-order chi connectivity index (χ1) is 14.0. The molecule has 2 aromatic heterocycles. The Morgan fingerprint density at radius 1 is 1.10 bits per heavy atom. The number of nitrogens with one attached hydrogen (secondary N) is 1. The van der Waals surface area contributed by atoms with Crippen molar-refractivity contribution in [3.8, 4) is 0 Å². The smallest absolute Gasteiger partial charge is 0.289 e. The molecule has 3 rings (SSSR count). The van der Waals surface area contributed by atoms with E-state index >= 15 is 0 Å². The molecule has 29 heavy (non-hydrogen) atoms. The number of carbonyl (C=O) groups excluding carboxylic acids is 3. The maximum Gasteiger partial charge on any atom is 0.289 e. The minimum atomic E-state index is -0.572. The van der Waals surface area contributed by atoms with E-state index in [1.807, 2.05) is 25.3 Å². The summed E-state index contributed by atoms with van der Waals surface area (Å²) >= 11 is 1.35. The molecule has 1 aliphatic rings. The summed E-state index contributed by atoms with van der Waals surface area (Å²) < 4.78 is 5.21. The highest BCUT2D eigenvalue weighted by molar-refractivity contribution is 7.12. The van der Waals surface area contributed by atoms with Crippen LogP contribution in [0.25, 0.3) is 0 Å². The Morgan fingerprint density at radius 2 is 1.86 bits per heavy atom. The normalized spacial score (nSPS) is 15.8. The molecular weight excluding hydrogens is 390 g/mol. The molecule has 0 radical (unpaired) electrons. The number of thiophene rings is 1.